The highest BCUT2D eigenvalue weighted by Gasteiger charge is 2.52. The minimum atomic E-state index is -1.99. The topological polar surface area (TPSA) is 27.7 Å². The molecule has 0 unspecified atom stereocenters. The van der Waals surface area contributed by atoms with Gasteiger partial charge in [-0.15, -0.1) is 0 Å². The quantitative estimate of drug-likeness (QED) is 0.123. The fourth-order valence-corrected chi connectivity index (χ4v) is 15.5. The zero-order valence-electron chi connectivity index (χ0n) is 38.0. The average molecular weight is 773 g/mol. The van der Waals surface area contributed by atoms with Gasteiger partial charge in [0, 0.05) is 0 Å². The van der Waals surface area contributed by atoms with Crippen LogP contribution in [0.3, 0.4) is 0 Å². The van der Waals surface area contributed by atoms with Crippen molar-refractivity contribution in [2.75, 3.05) is 0 Å². The molecule has 7 atom stereocenters. The van der Waals surface area contributed by atoms with Gasteiger partial charge in [-0.1, -0.05) is 113 Å². The first-order chi connectivity index (χ1) is 23.7. The summed E-state index contributed by atoms with van der Waals surface area (Å²) in [5.74, 6) is 2.96. The summed E-state index contributed by atoms with van der Waals surface area (Å²) in [6.07, 6.45) is 16.2. The molecule has 52 heavy (non-hydrogen) atoms. The van der Waals surface area contributed by atoms with Gasteiger partial charge >= 0.3 is 0 Å². The molecule has 6 heteroatoms. The van der Waals surface area contributed by atoms with Crippen molar-refractivity contribution >= 4 is 25.0 Å². The van der Waals surface area contributed by atoms with Crippen LogP contribution in [0.4, 0.5) is 0 Å². The van der Waals surface area contributed by atoms with Crippen molar-refractivity contribution in [2.45, 2.75) is 227 Å². The second kappa shape index (κ2) is 17.1. The van der Waals surface area contributed by atoms with E-state index in [0.29, 0.717) is 17.3 Å². The van der Waals surface area contributed by atoms with E-state index in [9.17, 15) is 0 Å². The molecule has 0 amide bonds. The standard InChI is InChI=1S/C46H88O3Si3/c1-20-52(21-2,22-3)49-45(13,14)31-29-34(4)35(5)39-27-28-40-38(24-23-30-46(39,40)15)26-25-37-32-41(47-50(16,17)43(7,8)9)36(6)42(33-37)48-51(18,19)44(10,11)12/h25-26,34-35,39-42H,6,20-24,27-33H2,1-5,7-19H3/b38-26+/t34-,35+,39+,40-,41+,42+,46+/m0/s1. The van der Waals surface area contributed by atoms with Gasteiger partial charge in [-0.05, 0) is 161 Å². The molecule has 0 aromatic heterocycles. The third-order valence-corrected chi connectivity index (χ3v) is 29.8. The lowest BCUT2D eigenvalue weighted by Gasteiger charge is -2.46. The summed E-state index contributed by atoms with van der Waals surface area (Å²) in [5, 5.41) is 0.312. The van der Waals surface area contributed by atoms with Crippen molar-refractivity contribution in [3.05, 3.63) is 35.5 Å². The van der Waals surface area contributed by atoms with Crippen molar-refractivity contribution in [2.24, 2.45) is 29.1 Å². The van der Waals surface area contributed by atoms with Crippen LogP contribution >= 0.6 is 0 Å². The Labute approximate surface area is 328 Å². The molecular formula is C46H88O3Si3. The lowest BCUT2D eigenvalue weighted by atomic mass is 9.59. The van der Waals surface area contributed by atoms with Gasteiger partial charge in [0.05, 0.1) is 17.8 Å². The van der Waals surface area contributed by atoms with Crippen LogP contribution in [0.1, 0.15) is 155 Å². The summed E-state index contributed by atoms with van der Waals surface area (Å²) in [6.45, 7) is 47.9. The van der Waals surface area contributed by atoms with Crippen molar-refractivity contribution < 1.29 is 13.3 Å². The van der Waals surface area contributed by atoms with E-state index in [1.54, 1.807) is 5.57 Å². The molecule has 0 bridgehead atoms. The number of fused-ring (bicyclic) bond motifs is 1. The summed E-state index contributed by atoms with van der Waals surface area (Å²) in [5.41, 5.74) is 4.75. The van der Waals surface area contributed by atoms with Gasteiger partial charge in [-0.2, -0.15) is 0 Å². The molecule has 0 saturated heterocycles. The summed E-state index contributed by atoms with van der Waals surface area (Å²) < 4.78 is 21.3. The molecule has 0 aromatic carbocycles. The predicted molar refractivity (Wildman–Crippen MR) is 237 cm³/mol. The van der Waals surface area contributed by atoms with Crippen molar-refractivity contribution in [3.8, 4) is 0 Å². The van der Waals surface area contributed by atoms with Gasteiger partial charge in [0.1, 0.15) is 0 Å². The maximum atomic E-state index is 7.14. The lowest BCUT2D eigenvalue weighted by Crippen LogP contribution is -2.49. The number of rotatable bonds is 15. The Morgan fingerprint density at radius 3 is 1.77 bits per heavy atom. The summed E-state index contributed by atoms with van der Waals surface area (Å²) >= 11 is 0. The highest BCUT2D eigenvalue weighted by molar-refractivity contribution is 6.74. The van der Waals surface area contributed by atoms with E-state index in [1.807, 2.05) is 0 Å². The van der Waals surface area contributed by atoms with Crippen LogP contribution in [-0.2, 0) is 13.3 Å². The van der Waals surface area contributed by atoms with Gasteiger partial charge in [0.25, 0.3) is 0 Å². The van der Waals surface area contributed by atoms with E-state index < -0.39 is 25.0 Å². The zero-order valence-corrected chi connectivity index (χ0v) is 41.0. The first kappa shape index (κ1) is 46.1. The van der Waals surface area contributed by atoms with Crippen LogP contribution in [0.5, 0.6) is 0 Å². The number of allylic oxidation sites excluding steroid dienone is 3. The Kier molecular flexibility index (Phi) is 15.2. The van der Waals surface area contributed by atoms with Crippen LogP contribution in [0.25, 0.3) is 0 Å². The molecule has 3 fully saturated rings. The second-order valence-corrected chi connectivity index (χ2v) is 36.1. The van der Waals surface area contributed by atoms with E-state index in [2.05, 4.69) is 142 Å². The SMILES string of the molecule is C=C1[C@H](O[Si](C)(C)C(C)(C)C)CC(=C/C=C2\CCC[C@]3(C)[C@@H]([C@H](C)[C@@H](C)CCC(C)(C)O[Si](CC)(CC)CC)CC[C@@H]23)C[C@H]1O[Si](C)(C)C(C)(C)C. The molecule has 3 aliphatic rings. The molecule has 0 radical (unpaired) electrons. The van der Waals surface area contributed by atoms with E-state index in [4.69, 9.17) is 13.3 Å². The first-order valence-electron chi connectivity index (χ1n) is 21.8. The van der Waals surface area contributed by atoms with E-state index in [-0.39, 0.29) is 27.9 Å². The Morgan fingerprint density at radius 1 is 0.808 bits per heavy atom. The molecule has 3 aliphatic carbocycles. The molecule has 3 nitrogen and oxygen atoms in total. The van der Waals surface area contributed by atoms with E-state index in [1.165, 1.54) is 74.2 Å². The van der Waals surface area contributed by atoms with Gasteiger partial charge in [0.2, 0.25) is 0 Å². The zero-order chi connectivity index (χ0) is 39.7. The normalized spacial score (nSPS) is 29.0. The van der Waals surface area contributed by atoms with Crippen molar-refractivity contribution in [1.29, 1.82) is 0 Å². The van der Waals surface area contributed by atoms with E-state index in [0.717, 1.165) is 24.7 Å². The predicted octanol–water partition coefficient (Wildman–Crippen LogP) is 15.0. The minimum absolute atomic E-state index is 0.0203. The van der Waals surface area contributed by atoms with Crippen LogP contribution < -0.4 is 0 Å². The van der Waals surface area contributed by atoms with Crippen LogP contribution in [0.15, 0.2) is 35.5 Å². The van der Waals surface area contributed by atoms with Crippen molar-refractivity contribution in [3.63, 3.8) is 0 Å². The third-order valence-electron chi connectivity index (χ3n) is 15.9. The highest BCUT2D eigenvalue weighted by atomic mass is 28.4. The number of hydrogen-bond donors (Lipinski definition) is 0. The van der Waals surface area contributed by atoms with E-state index >= 15 is 0 Å². The Bertz CT molecular complexity index is 1210. The second-order valence-electron chi connectivity index (χ2n) is 21.9. The fourth-order valence-electron chi connectivity index (χ4n) is 9.67. The largest absolute Gasteiger partial charge is 0.412 e. The smallest absolute Gasteiger partial charge is 0.192 e. The molecule has 3 saturated carbocycles. The Balaban J connectivity index is 1.82. The molecule has 0 aromatic rings. The third kappa shape index (κ3) is 10.6. The first-order valence-corrected chi connectivity index (χ1v) is 30.2. The monoisotopic (exact) mass is 773 g/mol. The molecular weight excluding hydrogens is 685 g/mol. The van der Waals surface area contributed by atoms with Crippen molar-refractivity contribution in [1.82, 2.24) is 0 Å². The Hall–Kier alpha value is -0.249. The summed E-state index contributed by atoms with van der Waals surface area (Å²) in [7, 11) is -5.59. The Morgan fingerprint density at radius 2 is 1.31 bits per heavy atom. The summed E-state index contributed by atoms with van der Waals surface area (Å²) in [4.78, 5) is 0. The van der Waals surface area contributed by atoms with Crippen LogP contribution in [0, 0.1) is 29.1 Å². The maximum Gasteiger partial charge on any atom is 0.192 e. The summed E-state index contributed by atoms with van der Waals surface area (Å²) in [6, 6.07) is 3.70. The van der Waals surface area contributed by atoms with Crippen LogP contribution in [0.2, 0.25) is 54.4 Å². The molecule has 302 valence electrons. The molecule has 0 heterocycles. The fraction of sp³-hybridized carbons (Fsp3) is 0.870. The van der Waals surface area contributed by atoms with Crippen LogP contribution in [-0.4, -0.2) is 42.8 Å². The molecule has 0 aliphatic heterocycles. The highest BCUT2D eigenvalue weighted by Crippen LogP contribution is 2.60. The molecule has 3 rings (SSSR count). The molecule has 0 spiro atoms. The maximum absolute atomic E-state index is 7.14. The van der Waals surface area contributed by atoms with Gasteiger partial charge in [0.15, 0.2) is 25.0 Å². The lowest BCUT2D eigenvalue weighted by molar-refractivity contribution is 0.0524. The minimum Gasteiger partial charge on any atom is -0.412 e. The van der Waals surface area contributed by atoms with Gasteiger partial charge in [-0.3, -0.25) is 0 Å². The molecule has 0 N–H and O–H groups in total. The van der Waals surface area contributed by atoms with Gasteiger partial charge in [-0.25, -0.2) is 0 Å². The van der Waals surface area contributed by atoms with Gasteiger partial charge < -0.3 is 13.3 Å². The average Bonchev–Trinajstić information content (AvgIpc) is 3.39. The number of hydrogen-bond acceptors (Lipinski definition) is 3.